The second-order valence-electron chi connectivity index (χ2n) is 8.43. The van der Waals surface area contributed by atoms with E-state index in [1.54, 1.807) is 6.92 Å². The lowest BCUT2D eigenvalue weighted by atomic mass is 9.91. The molecule has 3 rings (SSSR count). The molecule has 1 aliphatic rings. The zero-order valence-electron chi connectivity index (χ0n) is 16.8. The van der Waals surface area contributed by atoms with Crippen LogP contribution in [0, 0.1) is 12.7 Å². The molecule has 0 unspecified atom stereocenters. The standard InChI is InChI=1S/C19H25ClFN5O2/c1-11-23-14-12(9-22-15(20)13(14)21)16(24-11)26-8-6-7-19(5,10-26)25-17(27)28-18(2,3)4/h9H,6-8,10H2,1-5H3,(H,25,27)/t19-/m1/s1. The van der Waals surface area contributed by atoms with Crippen LogP contribution in [0.25, 0.3) is 10.9 Å². The van der Waals surface area contributed by atoms with E-state index >= 15 is 0 Å². The summed E-state index contributed by atoms with van der Waals surface area (Å²) in [4.78, 5) is 26.9. The number of ether oxygens (including phenoxy) is 1. The van der Waals surface area contributed by atoms with Gasteiger partial charge in [-0.05, 0) is 47.5 Å². The number of pyridine rings is 1. The molecular weight excluding hydrogens is 385 g/mol. The largest absolute Gasteiger partial charge is 0.444 e. The molecule has 0 spiro atoms. The average molecular weight is 410 g/mol. The number of carbonyl (C=O) groups is 1. The Morgan fingerprint density at radius 3 is 2.79 bits per heavy atom. The van der Waals surface area contributed by atoms with E-state index in [4.69, 9.17) is 16.3 Å². The molecule has 1 fully saturated rings. The van der Waals surface area contributed by atoms with E-state index in [-0.39, 0.29) is 10.7 Å². The molecule has 3 heterocycles. The first-order valence-corrected chi connectivity index (χ1v) is 9.60. The van der Waals surface area contributed by atoms with Crippen LogP contribution in [0.5, 0.6) is 0 Å². The molecule has 7 nitrogen and oxygen atoms in total. The van der Waals surface area contributed by atoms with Gasteiger partial charge < -0.3 is 15.0 Å². The minimum atomic E-state index is -0.655. The van der Waals surface area contributed by atoms with Crippen LogP contribution in [-0.4, -0.2) is 45.3 Å². The zero-order valence-corrected chi connectivity index (χ0v) is 17.5. The molecule has 0 aromatic carbocycles. The SMILES string of the molecule is Cc1nc(N2CCC[C@@](C)(NC(=O)OC(C)(C)C)C2)c2cnc(Cl)c(F)c2n1. The van der Waals surface area contributed by atoms with E-state index in [0.717, 1.165) is 19.4 Å². The number of rotatable bonds is 2. The Bertz CT molecular complexity index is 917. The van der Waals surface area contributed by atoms with E-state index in [2.05, 4.69) is 20.3 Å². The van der Waals surface area contributed by atoms with Gasteiger partial charge in [0, 0.05) is 19.3 Å². The molecule has 1 aliphatic heterocycles. The minimum absolute atomic E-state index is 0.148. The molecule has 1 saturated heterocycles. The maximum atomic E-state index is 14.4. The average Bonchev–Trinajstić information content (AvgIpc) is 2.55. The van der Waals surface area contributed by atoms with Crippen LogP contribution in [0.15, 0.2) is 6.20 Å². The van der Waals surface area contributed by atoms with Crippen molar-refractivity contribution >= 4 is 34.4 Å². The van der Waals surface area contributed by atoms with E-state index in [9.17, 15) is 9.18 Å². The Morgan fingerprint density at radius 1 is 1.39 bits per heavy atom. The van der Waals surface area contributed by atoms with Gasteiger partial charge in [0.15, 0.2) is 11.0 Å². The summed E-state index contributed by atoms with van der Waals surface area (Å²) in [7, 11) is 0. The highest BCUT2D eigenvalue weighted by Crippen LogP contribution is 2.31. The summed E-state index contributed by atoms with van der Waals surface area (Å²) in [6.45, 7) is 10.4. The Balaban J connectivity index is 1.90. The third kappa shape index (κ3) is 4.43. The van der Waals surface area contributed by atoms with Gasteiger partial charge in [-0.2, -0.15) is 0 Å². The number of halogens is 2. The molecule has 0 saturated carbocycles. The van der Waals surface area contributed by atoms with Gasteiger partial charge in [-0.3, -0.25) is 0 Å². The number of amides is 1. The van der Waals surface area contributed by atoms with Crippen molar-refractivity contribution in [3.05, 3.63) is 23.0 Å². The Hall–Kier alpha value is -2.22. The lowest BCUT2D eigenvalue weighted by molar-refractivity contribution is 0.0454. The van der Waals surface area contributed by atoms with Crippen molar-refractivity contribution in [2.75, 3.05) is 18.0 Å². The summed E-state index contributed by atoms with van der Waals surface area (Å²) in [5, 5.41) is 3.26. The fourth-order valence-corrected chi connectivity index (χ4v) is 3.58. The summed E-state index contributed by atoms with van der Waals surface area (Å²) in [5.74, 6) is 0.371. The number of anilines is 1. The number of aryl methyl sites for hydroxylation is 1. The summed E-state index contributed by atoms with van der Waals surface area (Å²) in [5.41, 5.74) is -0.934. The maximum absolute atomic E-state index is 14.4. The second kappa shape index (κ2) is 7.31. The highest BCUT2D eigenvalue weighted by Gasteiger charge is 2.35. The fourth-order valence-electron chi connectivity index (χ4n) is 3.44. The predicted octanol–water partition coefficient (Wildman–Crippen LogP) is 4.01. The van der Waals surface area contributed by atoms with Gasteiger partial charge in [0.05, 0.1) is 10.9 Å². The topological polar surface area (TPSA) is 80.2 Å². The lowest BCUT2D eigenvalue weighted by Crippen LogP contribution is -2.57. The lowest BCUT2D eigenvalue weighted by Gasteiger charge is -2.41. The molecule has 28 heavy (non-hydrogen) atoms. The number of hydrogen-bond donors (Lipinski definition) is 1. The first kappa shape index (κ1) is 20.5. The molecule has 2 aromatic rings. The summed E-state index contributed by atoms with van der Waals surface area (Å²) >= 11 is 5.81. The molecule has 152 valence electrons. The number of piperidine rings is 1. The van der Waals surface area contributed by atoms with Gasteiger partial charge >= 0.3 is 6.09 Å². The molecule has 9 heteroatoms. The number of nitrogens with one attached hydrogen (secondary N) is 1. The molecule has 0 aliphatic carbocycles. The van der Waals surface area contributed by atoms with Crippen molar-refractivity contribution in [3.63, 3.8) is 0 Å². The smallest absolute Gasteiger partial charge is 0.408 e. The fraction of sp³-hybridized carbons (Fsp3) is 0.579. The summed E-state index contributed by atoms with van der Waals surface area (Å²) in [6.07, 6.45) is 2.66. The van der Waals surface area contributed by atoms with Crippen LogP contribution in [0.4, 0.5) is 15.0 Å². The quantitative estimate of drug-likeness (QED) is 0.755. The van der Waals surface area contributed by atoms with Gasteiger partial charge in [0.25, 0.3) is 0 Å². The van der Waals surface area contributed by atoms with Crippen LogP contribution < -0.4 is 10.2 Å². The van der Waals surface area contributed by atoms with E-state index < -0.39 is 23.1 Å². The first-order valence-electron chi connectivity index (χ1n) is 9.22. The van der Waals surface area contributed by atoms with Gasteiger partial charge in [0.2, 0.25) is 0 Å². The van der Waals surface area contributed by atoms with Crippen molar-refractivity contribution in [3.8, 4) is 0 Å². The Morgan fingerprint density at radius 2 is 2.11 bits per heavy atom. The number of hydrogen-bond acceptors (Lipinski definition) is 6. The third-order valence-electron chi connectivity index (χ3n) is 4.53. The second-order valence-corrected chi connectivity index (χ2v) is 8.79. The highest BCUT2D eigenvalue weighted by atomic mass is 35.5. The van der Waals surface area contributed by atoms with Crippen LogP contribution >= 0.6 is 11.6 Å². The van der Waals surface area contributed by atoms with Crippen molar-refractivity contribution < 1.29 is 13.9 Å². The molecule has 2 aromatic heterocycles. The van der Waals surface area contributed by atoms with Crippen molar-refractivity contribution in [2.24, 2.45) is 0 Å². The summed E-state index contributed by atoms with van der Waals surface area (Å²) < 4.78 is 19.8. The minimum Gasteiger partial charge on any atom is -0.444 e. The van der Waals surface area contributed by atoms with Crippen molar-refractivity contribution in [2.45, 2.75) is 58.6 Å². The number of fused-ring (bicyclic) bond motifs is 1. The van der Waals surface area contributed by atoms with Gasteiger partial charge in [-0.1, -0.05) is 11.6 Å². The number of nitrogens with zero attached hydrogens (tertiary/aromatic N) is 4. The van der Waals surface area contributed by atoms with Crippen LogP contribution in [-0.2, 0) is 4.74 Å². The summed E-state index contributed by atoms with van der Waals surface area (Å²) in [6, 6.07) is 0. The molecule has 0 bridgehead atoms. The third-order valence-corrected chi connectivity index (χ3v) is 4.80. The molecule has 1 amide bonds. The molecule has 1 N–H and O–H groups in total. The van der Waals surface area contributed by atoms with Crippen molar-refractivity contribution in [1.29, 1.82) is 0 Å². The Kier molecular flexibility index (Phi) is 5.36. The number of aromatic nitrogens is 3. The van der Waals surface area contributed by atoms with Crippen LogP contribution in [0.2, 0.25) is 5.15 Å². The van der Waals surface area contributed by atoms with Gasteiger partial charge in [-0.15, -0.1) is 0 Å². The van der Waals surface area contributed by atoms with Crippen molar-refractivity contribution in [1.82, 2.24) is 20.3 Å². The zero-order chi connectivity index (χ0) is 20.7. The number of alkyl carbamates (subject to hydrolysis) is 1. The van der Waals surface area contributed by atoms with Gasteiger partial charge in [-0.25, -0.2) is 24.1 Å². The van der Waals surface area contributed by atoms with E-state index in [1.807, 2.05) is 32.6 Å². The molecular formula is C19H25ClFN5O2. The monoisotopic (exact) mass is 409 g/mol. The van der Waals surface area contributed by atoms with E-state index in [0.29, 0.717) is 23.6 Å². The highest BCUT2D eigenvalue weighted by molar-refractivity contribution is 6.30. The Labute approximate surface area is 168 Å². The van der Waals surface area contributed by atoms with Crippen LogP contribution in [0.1, 0.15) is 46.4 Å². The normalized spacial score (nSPS) is 20.3. The van der Waals surface area contributed by atoms with E-state index in [1.165, 1.54) is 6.20 Å². The maximum Gasteiger partial charge on any atom is 0.408 e. The number of carbonyl (C=O) groups excluding carboxylic acids is 1. The van der Waals surface area contributed by atoms with Gasteiger partial charge in [0.1, 0.15) is 22.8 Å². The molecule has 1 atom stereocenters. The predicted molar refractivity (Wildman–Crippen MR) is 106 cm³/mol. The molecule has 0 radical (unpaired) electrons. The first-order chi connectivity index (χ1) is 13.0. The van der Waals surface area contributed by atoms with Crippen LogP contribution in [0.3, 0.4) is 0 Å².